The number of nitrogens with zero attached hydrogens (tertiary/aromatic N) is 2. The van der Waals surface area contributed by atoms with E-state index >= 15 is 0 Å². The van der Waals surface area contributed by atoms with Crippen LogP contribution in [-0.2, 0) is 9.59 Å². The van der Waals surface area contributed by atoms with Gasteiger partial charge in [0.15, 0.2) is 0 Å². The van der Waals surface area contributed by atoms with Crippen molar-refractivity contribution in [3.63, 3.8) is 0 Å². The maximum atomic E-state index is 13.0. The van der Waals surface area contributed by atoms with E-state index in [9.17, 15) is 14.7 Å². The van der Waals surface area contributed by atoms with Crippen LogP contribution in [0.1, 0.15) is 30.5 Å². The maximum Gasteiger partial charge on any atom is 0.295 e. The number of amides is 1. The number of benzene rings is 2. The molecule has 1 atom stereocenters. The molecule has 32 heavy (non-hydrogen) atoms. The fraction of sp³-hybridized carbons (Fsp3) is 0.333. The van der Waals surface area contributed by atoms with E-state index in [1.165, 1.54) is 11.0 Å². The quantitative estimate of drug-likeness (QED) is 0.337. The molecule has 2 aromatic carbocycles. The van der Waals surface area contributed by atoms with Gasteiger partial charge in [-0.2, -0.15) is 0 Å². The van der Waals surface area contributed by atoms with Crippen LogP contribution in [0.25, 0.3) is 5.76 Å². The van der Waals surface area contributed by atoms with Crippen molar-refractivity contribution in [1.82, 2.24) is 9.80 Å². The molecular formula is C24H26Cl2N2O4. The van der Waals surface area contributed by atoms with Crippen molar-refractivity contribution in [3.05, 3.63) is 69.2 Å². The van der Waals surface area contributed by atoms with Crippen LogP contribution in [0.15, 0.2) is 48.0 Å². The zero-order chi connectivity index (χ0) is 23.4. The Balaban J connectivity index is 2.08. The van der Waals surface area contributed by atoms with Crippen molar-refractivity contribution >= 4 is 40.7 Å². The largest absolute Gasteiger partial charge is 0.507 e. The van der Waals surface area contributed by atoms with Crippen LogP contribution in [0.2, 0.25) is 10.0 Å². The predicted molar refractivity (Wildman–Crippen MR) is 126 cm³/mol. The highest BCUT2D eigenvalue weighted by Gasteiger charge is 2.45. The van der Waals surface area contributed by atoms with E-state index in [1.807, 2.05) is 25.9 Å². The fourth-order valence-electron chi connectivity index (χ4n) is 3.74. The molecule has 1 unspecified atom stereocenters. The van der Waals surface area contributed by atoms with E-state index in [4.69, 9.17) is 27.9 Å². The third kappa shape index (κ3) is 5.09. The molecule has 170 valence electrons. The van der Waals surface area contributed by atoms with Gasteiger partial charge in [-0.1, -0.05) is 35.3 Å². The Morgan fingerprint density at radius 1 is 1.12 bits per heavy atom. The van der Waals surface area contributed by atoms with Gasteiger partial charge in [-0.3, -0.25) is 9.59 Å². The summed E-state index contributed by atoms with van der Waals surface area (Å²) in [6, 6.07) is 11.0. The molecule has 0 aromatic heterocycles. The van der Waals surface area contributed by atoms with E-state index in [1.54, 1.807) is 36.4 Å². The fourth-order valence-corrected chi connectivity index (χ4v) is 4.10. The monoisotopic (exact) mass is 476 g/mol. The Hall–Kier alpha value is -2.54. The van der Waals surface area contributed by atoms with Gasteiger partial charge >= 0.3 is 0 Å². The molecule has 1 aliphatic heterocycles. The number of aliphatic hydroxyl groups excluding tert-OH is 1. The molecule has 1 fully saturated rings. The molecule has 0 bridgehead atoms. The molecule has 0 saturated carbocycles. The predicted octanol–water partition coefficient (Wildman–Crippen LogP) is 4.77. The lowest BCUT2D eigenvalue weighted by atomic mass is 9.95. The van der Waals surface area contributed by atoms with Gasteiger partial charge in [0.2, 0.25) is 0 Å². The van der Waals surface area contributed by atoms with Crippen molar-refractivity contribution < 1.29 is 19.4 Å². The minimum atomic E-state index is -0.725. The number of ether oxygens (including phenoxy) is 1. The smallest absolute Gasteiger partial charge is 0.295 e. The number of likely N-dealkylation sites (tertiary alicyclic amines) is 1. The first-order chi connectivity index (χ1) is 15.2. The third-order valence-corrected chi connectivity index (χ3v) is 5.78. The highest BCUT2D eigenvalue weighted by molar-refractivity contribution is 6.46. The number of Topliss-reactive ketones (excluding diaryl/α,β-unsaturated/α-hetero) is 1. The van der Waals surface area contributed by atoms with Gasteiger partial charge in [-0.25, -0.2) is 0 Å². The first kappa shape index (κ1) is 24.1. The number of ketones is 1. The van der Waals surface area contributed by atoms with Gasteiger partial charge < -0.3 is 19.6 Å². The van der Waals surface area contributed by atoms with Gasteiger partial charge in [0.25, 0.3) is 11.7 Å². The number of aliphatic hydroxyl groups is 1. The molecule has 0 aliphatic carbocycles. The highest BCUT2D eigenvalue weighted by Crippen LogP contribution is 2.40. The molecule has 1 aliphatic rings. The first-order valence-corrected chi connectivity index (χ1v) is 11.1. The van der Waals surface area contributed by atoms with Crippen molar-refractivity contribution in [3.8, 4) is 5.75 Å². The Kier molecular flexibility index (Phi) is 7.82. The lowest BCUT2D eigenvalue weighted by Crippen LogP contribution is -2.32. The topological polar surface area (TPSA) is 70.1 Å². The minimum absolute atomic E-state index is 0.0300. The third-order valence-electron chi connectivity index (χ3n) is 5.24. The minimum Gasteiger partial charge on any atom is -0.507 e. The second-order valence-corrected chi connectivity index (χ2v) is 8.62. The molecule has 0 spiro atoms. The molecule has 1 heterocycles. The van der Waals surface area contributed by atoms with Crippen molar-refractivity contribution in [1.29, 1.82) is 0 Å². The highest BCUT2D eigenvalue weighted by atomic mass is 35.5. The Bertz CT molecular complexity index is 1030. The van der Waals surface area contributed by atoms with Crippen LogP contribution < -0.4 is 4.74 Å². The SMILES string of the molecule is CCOc1ccc(/C(O)=C2\C(=O)C(=O)N(CCCN(C)C)C2c2ccc(Cl)cc2)cc1Cl. The summed E-state index contributed by atoms with van der Waals surface area (Å²) in [5, 5.41) is 12.0. The molecule has 6 nitrogen and oxygen atoms in total. The van der Waals surface area contributed by atoms with Gasteiger partial charge in [0.1, 0.15) is 11.5 Å². The molecular weight excluding hydrogens is 451 g/mol. The van der Waals surface area contributed by atoms with Crippen molar-refractivity contribution in [2.24, 2.45) is 0 Å². The summed E-state index contributed by atoms with van der Waals surface area (Å²) >= 11 is 12.3. The Morgan fingerprint density at radius 2 is 1.81 bits per heavy atom. The lowest BCUT2D eigenvalue weighted by Gasteiger charge is -2.26. The summed E-state index contributed by atoms with van der Waals surface area (Å²) in [5.74, 6) is -1.16. The summed E-state index contributed by atoms with van der Waals surface area (Å²) in [5.41, 5.74) is 1.06. The molecule has 8 heteroatoms. The van der Waals surface area contributed by atoms with Crippen LogP contribution in [-0.4, -0.2) is 60.4 Å². The number of hydrogen-bond donors (Lipinski definition) is 1. The molecule has 1 N–H and O–H groups in total. The number of carbonyl (C=O) groups is 2. The van der Waals surface area contributed by atoms with Gasteiger partial charge in [0, 0.05) is 17.1 Å². The summed E-state index contributed by atoms with van der Waals surface area (Å²) in [6.07, 6.45) is 0.680. The zero-order valence-corrected chi connectivity index (χ0v) is 19.8. The molecule has 0 radical (unpaired) electrons. The van der Waals surface area contributed by atoms with Crippen LogP contribution in [0, 0.1) is 0 Å². The molecule has 1 amide bonds. The van der Waals surface area contributed by atoms with Crippen LogP contribution in [0.3, 0.4) is 0 Å². The van der Waals surface area contributed by atoms with Crippen LogP contribution >= 0.6 is 23.2 Å². The zero-order valence-electron chi connectivity index (χ0n) is 18.3. The van der Waals surface area contributed by atoms with Crippen molar-refractivity contribution in [2.75, 3.05) is 33.8 Å². The average molecular weight is 477 g/mol. The van der Waals surface area contributed by atoms with E-state index in [-0.39, 0.29) is 11.3 Å². The normalized spacial score (nSPS) is 17.9. The number of rotatable bonds is 8. The second-order valence-electron chi connectivity index (χ2n) is 7.78. The second kappa shape index (κ2) is 10.4. The van der Waals surface area contributed by atoms with E-state index in [0.29, 0.717) is 46.5 Å². The van der Waals surface area contributed by atoms with Crippen LogP contribution in [0.4, 0.5) is 0 Å². The van der Waals surface area contributed by atoms with Gasteiger partial charge in [-0.05, 0) is 69.9 Å². The van der Waals surface area contributed by atoms with E-state index < -0.39 is 17.7 Å². The number of halogens is 2. The number of hydrogen-bond acceptors (Lipinski definition) is 5. The molecule has 3 rings (SSSR count). The number of carbonyl (C=O) groups excluding carboxylic acids is 2. The average Bonchev–Trinajstić information content (AvgIpc) is 3.00. The maximum absolute atomic E-state index is 13.0. The standard InChI is InChI=1S/C24H26Cl2N2O4/c1-4-32-19-11-8-16(14-18(19)26)22(29)20-21(15-6-9-17(25)10-7-15)28(24(31)23(20)30)13-5-12-27(2)3/h6-11,14,21,29H,4-5,12-13H2,1-3H3/b22-20+. The molecule has 2 aromatic rings. The van der Waals surface area contributed by atoms with Gasteiger partial charge in [-0.15, -0.1) is 0 Å². The summed E-state index contributed by atoms with van der Waals surface area (Å²) in [4.78, 5) is 29.5. The Labute approximate surface area is 198 Å². The lowest BCUT2D eigenvalue weighted by molar-refractivity contribution is -0.139. The van der Waals surface area contributed by atoms with Gasteiger partial charge in [0.05, 0.1) is 23.2 Å². The summed E-state index contributed by atoms with van der Waals surface area (Å²) in [7, 11) is 3.89. The Morgan fingerprint density at radius 3 is 2.41 bits per heavy atom. The van der Waals surface area contributed by atoms with E-state index in [2.05, 4.69) is 0 Å². The molecule has 1 saturated heterocycles. The van der Waals surface area contributed by atoms with Crippen LogP contribution in [0.5, 0.6) is 5.75 Å². The van der Waals surface area contributed by atoms with E-state index in [0.717, 1.165) is 6.54 Å². The summed E-state index contributed by atoms with van der Waals surface area (Å²) in [6.45, 7) is 3.41. The summed E-state index contributed by atoms with van der Waals surface area (Å²) < 4.78 is 5.44. The first-order valence-electron chi connectivity index (χ1n) is 10.4. The van der Waals surface area contributed by atoms with Crippen molar-refractivity contribution in [2.45, 2.75) is 19.4 Å².